The summed E-state index contributed by atoms with van der Waals surface area (Å²) in [5, 5.41) is 15.3. The molecule has 2 aromatic carbocycles. The van der Waals surface area contributed by atoms with Crippen molar-refractivity contribution in [1.29, 1.82) is 0 Å². The number of aliphatic hydroxyl groups is 1. The van der Waals surface area contributed by atoms with Crippen molar-refractivity contribution in [2.24, 2.45) is 0 Å². The second kappa shape index (κ2) is 7.98. The summed E-state index contributed by atoms with van der Waals surface area (Å²) in [6.07, 6.45) is -0.612. The molecule has 1 unspecified atom stereocenters. The summed E-state index contributed by atoms with van der Waals surface area (Å²) in [6, 6.07) is 12.2. The van der Waals surface area contributed by atoms with Gasteiger partial charge in [0, 0.05) is 18.7 Å². The van der Waals surface area contributed by atoms with Crippen LogP contribution in [0, 0.1) is 0 Å². The van der Waals surface area contributed by atoms with E-state index in [1.54, 1.807) is 0 Å². The van der Waals surface area contributed by atoms with Gasteiger partial charge in [-0.05, 0) is 30.8 Å². The molecule has 0 bridgehead atoms. The van der Waals surface area contributed by atoms with Crippen LogP contribution in [0.5, 0.6) is 5.75 Å². The van der Waals surface area contributed by atoms with E-state index in [1.807, 2.05) is 38.2 Å². The first-order valence-corrected chi connectivity index (χ1v) is 7.30. The molecule has 0 aliphatic carbocycles. The standard InChI is InChI=1S/C17H23NO3/c1-3-20-11-14(19)12-21-17-9-8-13-6-4-5-7-15(13)16(17)10-18-2/h4-9,14,18-19H,3,10-12H2,1-2H3. The quantitative estimate of drug-likeness (QED) is 0.783. The highest BCUT2D eigenvalue weighted by Crippen LogP contribution is 2.28. The number of rotatable bonds is 8. The summed E-state index contributed by atoms with van der Waals surface area (Å²) in [5.74, 6) is 0.804. The molecule has 2 rings (SSSR count). The molecule has 0 saturated heterocycles. The Bertz CT molecular complexity index is 571. The van der Waals surface area contributed by atoms with Crippen LogP contribution in [0.4, 0.5) is 0 Å². The second-order valence-corrected chi connectivity index (χ2v) is 4.92. The number of benzene rings is 2. The summed E-state index contributed by atoms with van der Waals surface area (Å²) < 4.78 is 11.0. The Kier molecular flexibility index (Phi) is 5.99. The van der Waals surface area contributed by atoms with Crippen molar-refractivity contribution in [3.63, 3.8) is 0 Å². The first-order valence-electron chi connectivity index (χ1n) is 7.30. The Morgan fingerprint density at radius 3 is 2.71 bits per heavy atom. The molecule has 2 N–H and O–H groups in total. The summed E-state index contributed by atoms with van der Waals surface area (Å²) >= 11 is 0. The van der Waals surface area contributed by atoms with Gasteiger partial charge < -0.3 is 19.9 Å². The Balaban J connectivity index is 2.16. The average Bonchev–Trinajstić information content (AvgIpc) is 2.52. The molecule has 0 radical (unpaired) electrons. The van der Waals surface area contributed by atoms with E-state index in [9.17, 15) is 5.11 Å². The van der Waals surface area contributed by atoms with Gasteiger partial charge in [-0.1, -0.05) is 30.3 Å². The molecule has 21 heavy (non-hydrogen) atoms. The Hall–Kier alpha value is -1.62. The van der Waals surface area contributed by atoms with Gasteiger partial charge in [-0.2, -0.15) is 0 Å². The van der Waals surface area contributed by atoms with Crippen molar-refractivity contribution >= 4 is 10.8 Å². The van der Waals surface area contributed by atoms with Crippen molar-refractivity contribution in [3.8, 4) is 5.75 Å². The van der Waals surface area contributed by atoms with Gasteiger partial charge in [-0.3, -0.25) is 0 Å². The van der Waals surface area contributed by atoms with Crippen LogP contribution < -0.4 is 10.1 Å². The van der Waals surface area contributed by atoms with Crippen LogP contribution in [0.25, 0.3) is 10.8 Å². The molecular formula is C17H23NO3. The molecule has 0 saturated carbocycles. The summed E-state index contributed by atoms with van der Waals surface area (Å²) in [7, 11) is 1.91. The van der Waals surface area contributed by atoms with E-state index in [0.29, 0.717) is 13.2 Å². The zero-order chi connectivity index (χ0) is 15.1. The predicted octanol–water partition coefficient (Wildman–Crippen LogP) is 2.34. The number of nitrogens with one attached hydrogen (secondary N) is 1. The van der Waals surface area contributed by atoms with E-state index in [1.165, 1.54) is 10.8 Å². The van der Waals surface area contributed by atoms with Gasteiger partial charge in [0.15, 0.2) is 0 Å². The van der Waals surface area contributed by atoms with Gasteiger partial charge in [0.25, 0.3) is 0 Å². The number of aliphatic hydroxyl groups excluding tert-OH is 1. The summed E-state index contributed by atoms with van der Waals surface area (Å²) in [6.45, 7) is 3.75. The highest BCUT2D eigenvalue weighted by Gasteiger charge is 2.10. The maximum atomic E-state index is 9.81. The van der Waals surface area contributed by atoms with E-state index in [4.69, 9.17) is 9.47 Å². The average molecular weight is 289 g/mol. The normalized spacial score (nSPS) is 12.5. The van der Waals surface area contributed by atoms with Crippen molar-refractivity contribution in [2.75, 3.05) is 26.9 Å². The van der Waals surface area contributed by atoms with Crippen molar-refractivity contribution < 1.29 is 14.6 Å². The lowest BCUT2D eigenvalue weighted by Gasteiger charge is -2.16. The van der Waals surface area contributed by atoms with Crippen LogP contribution in [0.15, 0.2) is 36.4 Å². The van der Waals surface area contributed by atoms with E-state index in [0.717, 1.165) is 17.9 Å². The predicted molar refractivity (Wildman–Crippen MR) is 84.7 cm³/mol. The second-order valence-electron chi connectivity index (χ2n) is 4.92. The third kappa shape index (κ3) is 4.17. The number of hydrogen-bond acceptors (Lipinski definition) is 4. The lowest BCUT2D eigenvalue weighted by molar-refractivity contribution is 0.0163. The van der Waals surface area contributed by atoms with Crippen LogP contribution in [0.3, 0.4) is 0 Å². The lowest BCUT2D eigenvalue weighted by atomic mass is 10.0. The van der Waals surface area contributed by atoms with Gasteiger partial charge in [-0.15, -0.1) is 0 Å². The molecule has 0 amide bonds. The number of ether oxygens (including phenoxy) is 2. The lowest BCUT2D eigenvalue weighted by Crippen LogP contribution is -2.24. The SMILES string of the molecule is CCOCC(O)COc1ccc2ccccc2c1CNC. The Morgan fingerprint density at radius 2 is 1.95 bits per heavy atom. The van der Waals surface area contributed by atoms with Crippen LogP contribution in [-0.4, -0.2) is 38.1 Å². The smallest absolute Gasteiger partial charge is 0.124 e. The fraction of sp³-hybridized carbons (Fsp3) is 0.412. The monoisotopic (exact) mass is 289 g/mol. The van der Waals surface area contributed by atoms with Crippen LogP contribution in [0.2, 0.25) is 0 Å². The first-order chi connectivity index (χ1) is 10.3. The fourth-order valence-corrected chi connectivity index (χ4v) is 2.30. The van der Waals surface area contributed by atoms with Crippen LogP contribution >= 0.6 is 0 Å². The van der Waals surface area contributed by atoms with Crippen molar-refractivity contribution in [1.82, 2.24) is 5.32 Å². The molecule has 0 aliphatic heterocycles. The molecule has 0 aromatic heterocycles. The van der Waals surface area contributed by atoms with Gasteiger partial charge in [0.2, 0.25) is 0 Å². The number of hydrogen-bond donors (Lipinski definition) is 2. The van der Waals surface area contributed by atoms with Gasteiger partial charge >= 0.3 is 0 Å². The fourth-order valence-electron chi connectivity index (χ4n) is 2.30. The van der Waals surface area contributed by atoms with Crippen molar-refractivity contribution in [3.05, 3.63) is 42.0 Å². The minimum Gasteiger partial charge on any atom is -0.490 e. The zero-order valence-electron chi connectivity index (χ0n) is 12.6. The van der Waals surface area contributed by atoms with E-state index in [-0.39, 0.29) is 6.61 Å². The molecule has 0 spiro atoms. The molecule has 2 aromatic rings. The molecule has 0 aliphatic rings. The summed E-state index contributed by atoms with van der Waals surface area (Å²) in [5.41, 5.74) is 1.11. The molecule has 0 fully saturated rings. The van der Waals surface area contributed by atoms with Crippen molar-refractivity contribution in [2.45, 2.75) is 19.6 Å². The Morgan fingerprint density at radius 1 is 1.14 bits per heavy atom. The van der Waals surface area contributed by atoms with E-state index < -0.39 is 6.10 Å². The number of fused-ring (bicyclic) bond motifs is 1. The minimum atomic E-state index is -0.612. The van der Waals surface area contributed by atoms with Gasteiger partial charge in [0.05, 0.1) is 6.61 Å². The Labute approximate surface area is 125 Å². The maximum absolute atomic E-state index is 9.81. The molecule has 0 heterocycles. The summed E-state index contributed by atoms with van der Waals surface area (Å²) in [4.78, 5) is 0. The molecule has 4 nitrogen and oxygen atoms in total. The van der Waals surface area contributed by atoms with Crippen LogP contribution in [-0.2, 0) is 11.3 Å². The third-order valence-electron chi connectivity index (χ3n) is 3.30. The van der Waals surface area contributed by atoms with Crippen LogP contribution in [0.1, 0.15) is 12.5 Å². The molecule has 114 valence electrons. The zero-order valence-corrected chi connectivity index (χ0v) is 12.6. The third-order valence-corrected chi connectivity index (χ3v) is 3.30. The molecule has 1 atom stereocenters. The van der Waals surface area contributed by atoms with E-state index in [2.05, 4.69) is 17.4 Å². The molecular weight excluding hydrogens is 266 g/mol. The topological polar surface area (TPSA) is 50.7 Å². The highest BCUT2D eigenvalue weighted by molar-refractivity contribution is 5.87. The minimum absolute atomic E-state index is 0.231. The van der Waals surface area contributed by atoms with Gasteiger partial charge in [0.1, 0.15) is 18.5 Å². The largest absolute Gasteiger partial charge is 0.490 e. The van der Waals surface area contributed by atoms with E-state index >= 15 is 0 Å². The molecule has 4 heteroatoms. The van der Waals surface area contributed by atoms with Gasteiger partial charge in [-0.25, -0.2) is 0 Å². The highest BCUT2D eigenvalue weighted by atomic mass is 16.5. The maximum Gasteiger partial charge on any atom is 0.124 e. The first kappa shape index (κ1) is 15.8.